The van der Waals surface area contributed by atoms with E-state index < -0.39 is 17.8 Å². The lowest BCUT2D eigenvalue weighted by atomic mass is 10.0. The normalized spacial score (nSPS) is 12.3. The van der Waals surface area contributed by atoms with Crippen LogP contribution in [0.5, 0.6) is 0 Å². The molecular weight excluding hydrogens is 364 g/mol. The van der Waals surface area contributed by atoms with Crippen molar-refractivity contribution in [1.29, 1.82) is 0 Å². The van der Waals surface area contributed by atoms with E-state index in [1.807, 2.05) is 30.4 Å². The summed E-state index contributed by atoms with van der Waals surface area (Å²) in [7, 11) is 0. The highest BCUT2D eigenvalue weighted by Gasteiger charge is 2.10. The first-order valence-electron chi connectivity index (χ1n) is 8.13. The monoisotopic (exact) mass is 382 g/mol. The number of carbonyl (C=O) groups is 2. The van der Waals surface area contributed by atoms with Gasteiger partial charge in [0, 0.05) is 11.2 Å². The van der Waals surface area contributed by atoms with Crippen molar-refractivity contribution in [2.75, 3.05) is 0 Å². The van der Waals surface area contributed by atoms with E-state index in [2.05, 4.69) is 11.6 Å². The molecule has 0 aliphatic carbocycles. The summed E-state index contributed by atoms with van der Waals surface area (Å²) in [5.74, 6) is -2.26. The van der Waals surface area contributed by atoms with E-state index in [1.54, 1.807) is 24.3 Å². The number of primary amides is 1. The lowest BCUT2D eigenvalue weighted by molar-refractivity contribution is -0.136. The molecular formula is C21H19ClN2O3. The van der Waals surface area contributed by atoms with E-state index in [0.717, 1.165) is 11.1 Å². The molecule has 0 radical (unpaired) electrons. The van der Waals surface area contributed by atoms with E-state index >= 15 is 0 Å². The molecule has 0 saturated carbocycles. The number of amides is 1. The van der Waals surface area contributed by atoms with Crippen LogP contribution in [0.2, 0.25) is 5.02 Å². The predicted molar refractivity (Wildman–Crippen MR) is 109 cm³/mol. The van der Waals surface area contributed by atoms with Gasteiger partial charge in [0.1, 0.15) is 0 Å². The number of carboxylic acid groups (broad SMARTS) is 1. The van der Waals surface area contributed by atoms with E-state index in [0.29, 0.717) is 16.3 Å². The molecule has 0 fully saturated rings. The average Bonchev–Trinajstić information content (AvgIpc) is 2.62. The molecule has 0 spiro atoms. The van der Waals surface area contributed by atoms with Crippen LogP contribution in [0.25, 0.3) is 12.2 Å². The van der Waals surface area contributed by atoms with Gasteiger partial charge in [0.25, 0.3) is 0 Å². The van der Waals surface area contributed by atoms with Crippen molar-refractivity contribution in [1.82, 2.24) is 0 Å². The van der Waals surface area contributed by atoms with E-state index in [1.165, 1.54) is 12.3 Å². The maximum absolute atomic E-state index is 11.3. The van der Waals surface area contributed by atoms with Gasteiger partial charge in [-0.3, -0.25) is 14.6 Å². The van der Waals surface area contributed by atoms with Crippen LogP contribution in [-0.2, 0) is 16.0 Å². The Morgan fingerprint density at radius 3 is 2.37 bits per heavy atom. The molecule has 5 nitrogen and oxygen atoms in total. The van der Waals surface area contributed by atoms with Crippen molar-refractivity contribution in [2.45, 2.75) is 6.42 Å². The number of benzene rings is 2. The van der Waals surface area contributed by atoms with Crippen molar-refractivity contribution >= 4 is 47.5 Å². The molecule has 0 aromatic heterocycles. The molecule has 0 aliphatic heterocycles. The molecule has 2 aromatic rings. The van der Waals surface area contributed by atoms with Crippen LogP contribution in [0.1, 0.15) is 16.7 Å². The molecule has 1 amide bonds. The van der Waals surface area contributed by atoms with Crippen LogP contribution in [0.4, 0.5) is 5.69 Å². The zero-order chi connectivity index (χ0) is 19.8. The zero-order valence-corrected chi connectivity index (χ0v) is 15.3. The van der Waals surface area contributed by atoms with Crippen molar-refractivity contribution in [2.24, 2.45) is 16.6 Å². The first-order valence-corrected chi connectivity index (χ1v) is 8.51. The number of halogens is 1. The van der Waals surface area contributed by atoms with E-state index in [9.17, 15) is 9.59 Å². The topological polar surface area (TPSA) is 92.8 Å². The van der Waals surface area contributed by atoms with Gasteiger partial charge in [0.05, 0.1) is 18.0 Å². The smallest absolute Gasteiger partial charge is 0.307 e. The van der Waals surface area contributed by atoms with Crippen LogP contribution >= 0.6 is 11.6 Å². The molecule has 0 aliphatic rings. The number of aliphatic carboxylic acids is 1. The van der Waals surface area contributed by atoms with Crippen molar-refractivity contribution in [3.63, 3.8) is 0 Å². The summed E-state index contributed by atoms with van der Waals surface area (Å²) in [6, 6.07) is 12.6. The second-order valence-corrected chi connectivity index (χ2v) is 6.22. The highest BCUT2D eigenvalue weighted by molar-refractivity contribution is 6.30. The number of hydrogen-bond donors (Lipinski definition) is 2. The number of nitrogens with two attached hydrogens (primary N) is 1. The van der Waals surface area contributed by atoms with Gasteiger partial charge >= 0.3 is 5.97 Å². The Bertz CT molecular complexity index is 902. The van der Waals surface area contributed by atoms with Gasteiger partial charge < -0.3 is 10.8 Å². The Hall–Kier alpha value is -3.18. The predicted octanol–water partition coefficient (Wildman–Crippen LogP) is 4.13. The summed E-state index contributed by atoms with van der Waals surface area (Å²) in [6.45, 7) is 3.53. The number of carboxylic acids is 1. The first kappa shape index (κ1) is 20.1. The van der Waals surface area contributed by atoms with Gasteiger partial charge in [0.15, 0.2) is 0 Å². The summed E-state index contributed by atoms with van der Waals surface area (Å²) in [4.78, 5) is 26.7. The van der Waals surface area contributed by atoms with Crippen LogP contribution in [0.3, 0.4) is 0 Å². The van der Waals surface area contributed by atoms with Gasteiger partial charge in [-0.25, -0.2) is 0 Å². The SMILES string of the molecule is C=CC(C=Nc1ccc(/C=C/c2ccc(Cl)cc2)cc1CC(=O)O)C(N)=O. The molecule has 6 heteroatoms. The van der Waals surface area contributed by atoms with Gasteiger partial charge in [-0.15, -0.1) is 6.58 Å². The van der Waals surface area contributed by atoms with Gasteiger partial charge in [0.2, 0.25) is 5.91 Å². The number of aliphatic imine (C=N–C) groups is 1. The minimum Gasteiger partial charge on any atom is -0.481 e. The van der Waals surface area contributed by atoms with Crippen LogP contribution < -0.4 is 5.73 Å². The third kappa shape index (κ3) is 6.24. The third-order valence-corrected chi connectivity index (χ3v) is 3.99. The summed E-state index contributed by atoms with van der Waals surface area (Å²) in [5, 5.41) is 9.81. The molecule has 0 saturated heterocycles. The highest BCUT2D eigenvalue weighted by Crippen LogP contribution is 2.23. The van der Waals surface area contributed by atoms with Gasteiger partial charge in [-0.05, 0) is 41.0 Å². The minimum absolute atomic E-state index is 0.190. The molecule has 27 heavy (non-hydrogen) atoms. The van der Waals surface area contributed by atoms with Crippen LogP contribution in [-0.4, -0.2) is 23.2 Å². The second kappa shape index (κ2) is 9.50. The maximum atomic E-state index is 11.3. The first-order chi connectivity index (χ1) is 12.9. The Labute approximate surface area is 162 Å². The molecule has 0 bridgehead atoms. The number of hydrogen-bond acceptors (Lipinski definition) is 3. The van der Waals surface area contributed by atoms with Gasteiger partial charge in [-0.1, -0.05) is 48.0 Å². The fraction of sp³-hybridized carbons (Fsp3) is 0.0952. The number of rotatable bonds is 8. The zero-order valence-electron chi connectivity index (χ0n) is 14.5. The van der Waals surface area contributed by atoms with Crippen molar-refractivity contribution in [3.05, 3.63) is 76.8 Å². The average molecular weight is 383 g/mol. The maximum Gasteiger partial charge on any atom is 0.307 e. The molecule has 3 N–H and O–H groups in total. The minimum atomic E-state index is -0.972. The molecule has 1 atom stereocenters. The van der Waals surface area contributed by atoms with Crippen molar-refractivity contribution < 1.29 is 14.7 Å². The molecule has 0 heterocycles. The molecule has 138 valence electrons. The Balaban J connectivity index is 2.30. The largest absolute Gasteiger partial charge is 0.481 e. The quantitative estimate of drug-likeness (QED) is 0.408. The summed E-state index contributed by atoms with van der Waals surface area (Å²) < 4.78 is 0. The Morgan fingerprint density at radius 1 is 1.15 bits per heavy atom. The summed E-state index contributed by atoms with van der Waals surface area (Å²) in [5.41, 5.74) is 8.04. The van der Waals surface area contributed by atoms with Gasteiger partial charge in [-0.2, -0.15) is 0 Å². The summed E-state index contributed by atoms with van der Waals surface area (Å²) in [6.07, 6.45) is 6.33. The molecule has 2 aromatic carbocycles. The van der Waals surface area contributed by atoms with E-state index in [4.69, 9.17) is 22.4 Å². The number of carbonyl (C=O) groups excluding carboxylic acids is 1. The molecule has 1 unspecified atom stereocenters. The van der Waals surface area contributed by atoms with E-state index in [-0.39, 0.29) is 6.42 Å². The molecule has 2 rings (SSSR count). The lowest BCUT2D eigenvalue weighted by Crippen LogP contribution is -2.22. The van der Waals surface area contributed by atoms with Crippen LogP contribution in [0.15, 0.2) is 60.1 Å². The summed E-state index contributed by atoms with van der Waals surface area (Å²) >= 11 is 5.87. The number of nitrogens with zero attached hydrogens (tertiary/aromatic N) is 1. The standard InChI is InChI=1S/C21H19ClN2O3/c1-2-16(21(23)27)13-24-19-10-7-15(11-17(19)12-20(25)26)4-3-14-5-8-18(22)9-6-14/h2-11,13,16H,1,12H2,(H2,23,27)(H,25,26)/b4-3+,24-13?. The fourth-order valence-corrected chi connectivity index (χ4v) is 2.44. The Morgan fingerprint density at radius 2 is 1.78 bits per heavy atom. The Kier molecular flexibility index (Phi) is 7.08. The lowest BCUT2D eigenvalue weighted by Gasteiger charge is -2.06. The van der Waals surface area contributed by atoms with Crippen LogP contribution in [0, 0.1) is 5.92 Å². The second-order valence-electron chi connectivity index (χ2n) is 5.79. The highest BCUT2D eigenvalue weighted by atomic mass is 35.5. The van der Waals surface area contributed by atoms with Crippen molar-refractivity contribution in [3.8, 4) is 0 Å². The third-order valence-electron chi connectivity index (χ3n) is 3.74. The fourth-order valence-electron chi connectivity index (χ4n) is 2.32.